The van der Waals surface area contributed by atoms with Crippen LogP contribution >= 0.6 is 0 Å². The number of hydrogen-bond donors (Lipinski definition) is 0. The Morgan fingerprint density at radius 1 is 1.31 bits per heavy atom. The van der Waals surface area contributed by atoms with Gasteiger partial charge in [0.2, 0.25) is 0 Å². The Kier molecular flexibility index (Phi) is 2.26. The standard InChI is InChI=1S/C12H13N/c1-10-3-2-4-12(9-10)11-5-7-13-8-6-11/h2,4-10H,3H2,1H3. The lowest BCUT2D eigenvalue weighted by atomic mass is 9.94. The van der Waals surface area contributed by atoms with E-state index in [1.165, 1.54) is 11.1 Å². The average Bonchev–Trinajstić information content (AvgIpc) is 2.19. The summed E-state index contributed by atoms with van der Waals surface area (Å²) in [6.07, 6.45) is 11.6. The molecule has 0 spiro atoms. The van der Waals surface area contributed by atoms with Crippen LogP contribution in [-0.4, -0.2) is 4.98 Å². The van der Waals surface area contributed by atoms with Crippen LogP contribution in [0.15, 0.2) is 42.8 Å². The Morgan fingerprint density at radius 3 is 2.77 bits per heavy atom. The molecule has 1 atom stereocenters. The normalized spacial score (nSPS) is 21.3. The highest BCUT2D eigenvalue weighted by atomic mass is 14.6. The Morgan fingerprint density at radius 2 is 2.08 bits per heavy atom. The van der Waals surface area contributed by atoms with Crippen LogP contribution in [0.4, 0.5) is 0 Å². The van der Waals surface area contributed by atoms with Gasteiger partial charge in [0, 0.05) is 12.4 Å². The van der Waals surface area contributed by atoms with Crippen molar-refractivity contribution in [1.82, 2.24) is 4.98 Å². The molecule has 0 aliphatic heterocycles. The molecular formula is C12H13N. The fourth-order valence-electron chi connectivity index (χ4n) is 1.58. The van der Waals surface area contributed by atoms with E-state index < -0.39 is 0 Å². The molecule has 1 nitrogen and oxygen atoms in total. The molecule has 13 heavy (non-hydrogen) atoms. The zero-order valence-electron chi connectivity index (χ0n) is 7.77. The molecule has 0 radical (unpaired) electrons. The molecule has 1 aliphatic carbocycles. The topological polar surface area (TPSA) is 12.9 Å². The number of allylic oxidation sites excluding steroid dienone is 4. The first-order chi connectivity index (χ1) is 6.36. The van der Waals surface area contributed by atoms with Gasteiger partial charge in [0.05, 0.1) is 0 Å². The molecule has 0 saturated heterocycles. The molecule has 0 saturated carbocycles. The fraction of sp³-hybridized carbons (Fsp3) is 0.250. The smallest absolute Gasteiger partial charge is 0.0273 e. The third kappa shape index (κ3) is 1.86. The maximum absolute atomic E-state index is 4.01. The zero-order chi connectivity index (χ0) is 9.10. The molecule has 1 heteroatoms. The van der Waals surface area contributed by atoms with E-state index in [1.807, 2.05) is 24.5 Å². The minimum atomic E-state index is 0.660. The van der Waals surface area contributed by atoms with Crippen molar-refractivity contribution in [2.75, 3.05) is 0 Å². The van der Waals surface area contributed by atoms with Gasteiger partial charge in [0.25, 0.3) is 0 Å². The summed E-state index contributed by atoms with van der Waals surface area (Å²) in [6, 6.07) is 4.10. The first kappa shape index (κ1) is 8.24. The minimum Gasteiger partial charge on any atom is -0.265 e. The minimum absolute atomic E-state index is 0.660. The van der Waals surface area contributed by atoms with Crippen molar-refractivity contribution in [2.24, 2.45) is 5.92 Å². The summed E-state index contributed by atoms with van der Waals surface area (Å²) in [5.41, 5.74) is 2.58. The summed E-state index contributed by atoms with van der Waals surface area (Å²) in [6.45, 7) is 2.24. The summed E-state index contributed by atoms with van der Waals surface area (Å²) >= 11 is 0. The van der Waals surface area contributed by atoms with Crippen molar-refractivity contribution in [3.05, 3.63) is 48.3 Å². The number of rotatable bonds is 1. The van der Waals surface area contributed by atoms with Crippen molar-refractivity contribution in [1.29, 1.82) is 0 Å². The molecule has 1 aromatic rings. The predicted molar refractivity (Wildman–Crippen MR) is 55.1 cm³/mol. The van der Waals surface area contributed by atoms with Gasteiger partial charge in [-0.3, -0.25) is 4.98 Å². The van der Waals surface area contributed by atoms with Gasteiger partial charge in [-0.05, 0) is 35.6 Å². The third-order valence-electron chi connectivity index (χ3n) is 2.28. The lowest BCUT2D eigenvalue weighted by molar-refractivity contribution is 0.740. The van der Waals surface area contributed by atoms with E-state index in [0.717, 1.165) is 6.42 Å². The molecule has 0 fully saturated rings. The van der Waals surface area contributed by atoms with Gasteiger partial charge in [0.15, 0.2) is 0 Å². The van der Waals surface area contributed by atoms with Crippen LogP contribution in [0.25, 0.3) is 5.57 Å². The highest BCUT2D eigenvalue weighted by molar-refractivity contribution is 5.74. The van der Waals surface area contributed by atoms with Crippen molar-refractivity contribution in [3.63, 3.8) is 0 Å². The average molecular weight is 171 g/mol. The molecule has 2 rings (SSSR count). The molecule has 0 aromatic carbocycles. The van der Waals surface area contributed by atoms with Gasteiger partial charge in [-0.1, -0.05) is 25.2 Å². The SMILES string of the molecule is CC1C=C(c2ccncc2)C=CC1. The largest absolute Gasteiger partial charge is 0.265 e. The molecule has 1 aliphatic rings. The van der Waals surface area contributed by atoms with E-state index in [0.29, 0.717) is 5.92 Å². The van der Waals surface area contributed by atoms with Crippen molar-refractivity contribution in [2.45, 2.75) is 13.3 Å². The molecule has 0 amide bonds. The van der Waals surface area contributed by atoms with Crippen molar-refractivity contribution in [3.8, 4) is 0 Å². The second kappa shape index (κ2) is 3.56. The van der Waals surface area contributed by atoms with Crippen molar-refractivity contribution < 1.29 is 0 Å². The second-order valence-electron chi connectivity index (χ2n) is 3.47. The van der Waals surface area contributed by atoms with Gasteiger partial charge < -0.3 is 0 Å². The number of hydrogen-bond acceptors (Lipinski definition) is 1. The molecule has 1 aromatic heterocycles. The van der Waals surface area contributed by atoms with Crippen LogP contribution in [0.2, 0.25) is 0 Å². The van der Waals surface area contributed by atoms with Crippen LogP contribution in [0.5, 0.6) is 0 Å². The second-order valence-corrected chi connectivity index (χ2v) is 3.47. The third-order valence-corrected chi connectivity index (χ3v) is 2.28. The van der Waals surface area contributed by atoms with Crippen LogP contribution < -0.4 is 0 Å². The summed E-state index contributed by atoms with van der Waals surface area (Å²) in [4.78, 5) is 4.01. The first-order valence-electron chi connectivity index (χ1n) is 4.65. The van der Waals surface area contributed by atoms with E-state index in [9.17, 15) is 0 Å². The van der Waals surface area contributed by atoms with Crippen LogP contribution in [0.1, 0.15) is 18.9 Å². The Bertz CT molecular complexity index is 335. The quantitative estimate of drug-likeness (QED) is 0.632. The van der Waals surface area contributed by atoms with Crippen LogP contribution in [0.3, 0.4) is 0 Å². The fourth-order valence-corrected chi connectivity index (χ4v) is 1.58. The molecule has 0 N–H and O–H groups in total. The highest BCUT2D eigenvalue weighted by Crippen LogP contribution is 2.23. The Hall–Kier alpha value is -1.37. The van der Waals surface area contributed by atoms with Gasteiger partial charge in [-0.2, -0.15) is 0 Å². The zero-order valence-corrected chi connectivity index (χ0v) is 7.77. The molecule has 1 unspecified atom stereocenters. The van der Waals surface area contributed by atoms with Crippen LogP contribution in [0, 0.1) is 5.92 Å². The number of pyridine rings is 1. The first-order valence-corrected chi connectivity index (χ1v) is 4.65. The summed E-state index contributed by atoms with van der Waals surface area (Å²) in [7, 11) is 0. The summed E-state index contributed by atoms with van der Waals surface area (Å²) in [5.74, 6) is 0.660. The number of nitrogens with zero attached hydrogens (tertiary/aromatic N) is 1. The monoisotopic (exact) mass is 171 g/mol. The maximum atomic E-state index is 4.01. The van der Waals surface area contributed by atoms with Gasteiger partial charge >= 0.3 is 0 Å². The lowest BCUT2D eigenvalue weighted by Gasteiger charge is -2.11. The van der Waals surface area contributed by atoms with E-state index in [4.69, 9.17) is 0 Å². The summed E-state index contributed by atoms with van der Waals surface area (Å²) < 4.78 is 0. The molecule has 1 heterocycles. The molecule has 66 valence electrons. The Labute approximate surface area is 78.8 Å². The predicted octanol–water partition coefficient (Wildman–Crippen LogP) is 3.06. The Balaban J connectivity index is 2.32. The van der Waals surface area contributed by atoms with E-state index in [1.54, 1.807) is 0 Å². The number of aromatic nitrogens is 1. The van der Waals surface area contributed by atoms with Crippen molar-refractivity contribution >= 4 is 5.57 Å². The molecule has 0 bridgehead atoms. The van der Waals surface area contributed by atoms with E-state index in [-0.39, 0.29) is 0 Å². The van der Waals surface area contributed by atoms with Gasteiger partial charge in [0.1, 0.15) is 0 Å². The van der Waals surface area contributed by atoms with E-state index >= 15 is 0 Å². The van der Waals surface area contributed by atoms with Gasteiger partial charge in [-0.15, -0.1) is 0 Å². The van der Waals surface area contributed by atoms with Gasteiger partial charge in [-0.25, -0.2) is 0 Å². The molecular weight excluding hydrogens is 158 g/mol. The van der Waals surface area contributed by atoms with E-state index in [2.05, 4.69) is 30.1 Å². The maximum Gasteiger partial charge on any atom is 0.0273 e. The summed E-state index contributed by atoms with van der Waals surface area (Å²) in [5, 5.41) is 0. The highest BCUT2D eigenvalue weighted by Gasteiger charge is 2.04. The lowest BCUT2D eigenvalue weighted by Crippen LogP contribution is -1.94. The van der Waals surface area contributed by atoms with Crippen LogP contribution in [-0.2, 0) is 0 Å².